The van der Waals surface area contributed by atoms with Crippen LogP contribution in [0.25, 0.3) is 0 Å². The highest BCUT2D eigenvalue weighted by molar-refractivity contribution is 5.94. The van der Waals surface area contributed by atoms with E-state index in [1.807, 2.05) is 6.07 Å². The lowest BCUT2D eigenvalue weighted by molar-refractivity contribution is 0.0950. The maximum absolute atomic E-state index is 12.9. The zero-order valence-electron chi connectivity index (χ0n) is 14.3. The number of hydrogen-bond acceptors (Lipinski definition) is 3. The molecule has 2 aromatic rings. The van der Waals surface area contributed by atoms with Crippen molar-refractivity contribution in [3.8, 4) is 0 Å². The summed E-state index contributed by atoms with van der Waals surface area (Å²) in [4.78, 5) is 16.5. The molecule has 1 fully saturated rings. The predicted octanol–water partition coefficient (Wildman–Crippen LogP) is 4.29. The summed E-state index contributed by atoms with van der Waals surface area (Å²) in [6.07, 6.45) is 10.8. The van der Waals surface area contributed by atoms with Crippen LogP contribution in [-0.2, 0) is 6.54 Å². The van der Waals surface area contributed by atoms with Crippen LogP contribution in [0.5, 0.6) is 0 Å². The second kappa shape index (κ2) is 8.60. The first kappa shape index (κ1) is 17.4. The van der Waals surface area contributed by atoms with Crippen LogP contribution in [0.1, 0.15) is 54.4 Å². The average molecular weight is 341 g/mol. The molecule has 0 saturated heterocycles. The lowest BCUT2D eigenvalue weighted by Gasteiger charge is -2.17. The minimum atomic E-state index is -0.281. The number of halogens is 1. The summed E-state index contributed by atoms with van der Waals surface area (Å²) < 4.78 is 12.9. The number of amides is 1. The Morgan fingerprint density at radius 1 is 1.08 bits per heavy atom. The van der Waals surface area contributed by atoms with Crippen LogP contribution in [0.4, 0.5) is 10.1 Å². The van der Waals surface area contributed by atoms with Gasteiger partial charge in [-0.05, 0) is 36.6 Å². The second-order valence-corrected chi connectivity index (χ2v) is 6.60. The lowest BCUT2D eigenvalue weighted by Crippen LogP contribution is -2.23. The Bertz CT molecular complexity index is 694. The van der Waals surface area contributed by atoms with Crippen LogP contribution in [0.2, 0.25) is 0 Å². The van der Waals surface area contributed by atoms with Crippen molar-refractivity contribution in [2.75, 3.05) is 5.32 Å². The molecule has 25 heavy (non-hydrogen) atoms. The van der Waals surface area contributed by atoms with Crippen molar-refractivity contribution in [2.45, 2.75) is 51.1 Å². The van der Waals surface area contributed by atoms with Crippen LogP contribution in [0, 0.1) is 5.82 Å². The number of rotatable bonds is 5. The summed E-state index contributed by atoms with van der Waals surface area (Å²) in [5, 5.41) is 6.36. The normalized spacial score (nSPS) is 15.4. The Kier molecular flexibility index (Phi) is 5.99. The lowest BCUT2D eigenvalue weighted by atomic mass is 10.1. The van der Waals surface area contributed by atoms with E-state index in [0.29, 0.717) is 18.2 Å². The fourth-order valence-corrected chi connectivity index (χ4v) is 3.19. The SMILES string of the molecule is O=C(NCc1ccc(F)cc1)c1cncc(NC2CCCCCC2)c1. The maximum atomic E-state index is 12.9. The molecule has 1 aliphatic rings. The molecule has 5 heteroatoms. The molecule has 1 aromatic heterocycles. The molecule has 0 aliphatic heterocycles. The molecule has 1 heterocycles. The standard InChI is InChI=1S/C20H24FN3O/c21-17-9-7-15(8-10-17)12-23-20(25)16-11-19(14-22-13-16)24-18-5-3-1-2-4-6-18/h7-11,13-14,18,24H,1-6,12H2,(H,23,25). The molecule has 132 valence electrons. The molecule has 0 atom stereocenters. The molecule has 1 aromatic carbocycles. The number of nitrogens with one attached hydrogen (secondary N) is 2. The van der Waals surface area contributed by atoms with E-state index in [0.717, 1.165) is 11.3 Å². The zero-order chi connectivity index (χ0) is 17.5. The summed E-state index contributed by atoms with van der Waals surface area (Å²) in [5.74, 6) is -0.460. The predicted molar refractivity (Wildman–Crippen MR) is 96.9 cm³/mol. The van der Waals surface area contributed by atoms with Gasteiger partial charge in [0.25, 0.3) is 5.91 Å². The molecule has 0 unspecified atom stereocenters. The van der Waals surface area contributed by atoms with Gasteiger partial charge in [0.05, 0.1) is 11.3 Å². The third kappa shape index (κ3) is 5.28. The number of aromatic nitrogens is 1. The van der Waals surface area contributed by atoms with Crippen LogP contribution < -0.4 is 10.6 Å². The van der Waals surface area contributed by atoms with Crippen LogP contribution in [0.3, 0.4) is 0 Å². The third-order valence-corrected chi connectivity index (χ3v) is 4.59. The van der Waals surface area contributed by atoms with Gasteiger partial charge in [-0.2, -0.15) is 0 Å². The molecule has 3 rings (SSSR count). The van der Waals surface area contributed by atoms with Crippen molar-refractivity contribution < 1.29 is 9.18 Å². The largest absolute Gasteiger partial charge is 0.381 e. The molecular weight excluding hydrogens is 317 g/mol. The van der Waals surface area contributed by atoms with Gasteiger partial charge in [-0.15, -0.1) is 0 Å². The number of carbonyl (C=O) groups is 1. The van der Waals surface area contributed by atoms with E-state index in [-0.39, 0.29) is 11.7 Å². The Labute approximate surface area is 147 Å². The molecule has 0 radical (unpaired) electrons. The quantitative estimate of drug-likeness (QED) is 0.798. The van der Waals surface area contributed by atoms with Gasteiger partial charge in [0.1, 0.15) is 5.82 Å². The number of hydrogen-bond donors (Lipinski definition) is 2. The minimum absolute atomic E-state index is 0.179. The van der Waals surface area contributed by atoms with Gasteiger partial charge >= 0.3 is 0 Å². The van der Waals surface area contributed by atoms with E-state index in [2.05, 4.69) is 15.6 Å². The Morgan fingerprint density at radius 3 is 2.52 bits per heavy atom. The second-order valence-electron chi connectivity index (χ2n) is 6.60. The smallest absolute Gasteiger partial charge is 0.253 e. The topological polar surface area (TPSA) is 54.0 Å². The Morgan fingerprint density at radius 2 is 1.80 bits per heavy atom. The van der Waals surface area contributed by atoms with Crippen LogP contribution in [-0.4, -0.2) is 16.9 Å². The number of pyridine rings is 1. The van der Waals surface area contributed by atoms with Gasteiger partial charge in [-0.3, -0.25) is 9.78 Å². The maximum Gasteiger partial charge on any atom is 0.253 e. The molecule has 1 amide bonds. The summed E-state index contributed by atoms with van der Waals surface area (Å²) in [6, 6.07) is 8.41. The van der Waals surface area contributed by atoms with E-state index in [1.165, 1.54) is 50.7 Å². The van der Waals surface area contributed by atoms with Crippen molar-refractivity contribution in [1.82, 2.24) is 10.3 Å². The number of carbonyl (C=O) groups excluding carboxylic acids is 1. The Hall–Kier alpha value is -2.43. The molecule has 0 bridgehead atoms. The van der Waals surface area contributed by atoms with Gasteiger partial charge in [-0.1, -0.05) is 37.8 Å². The molecule has 1 aliphatic carbocycles. The van der Waals surface area contributed by atoms with Crippen molar-refractivity contribution >= 4 is 11.6 Å². The van der Waals surface area contributed by atoms with E-state index < -0.39 is 0 Å². The molecule has 4 nitrogen and oxygen atoms in total. The van der Waals surface area contributed by atoms with Crippen molar-refractivity contribution in [3.05, 3.63) is 59.7 Å². The fourth-order valence-electron chi connectivity index (χ4n) is 3.19. The van der Waals surface area contributed by atoms with E-state index in [9.17, 15) is 9.18 Å². The van der Waals surface area contributed by atoms with Gasteiger partial charge in [0, 0.05) is 25.0 Å². The van der Waals surface area contributed by atoms with Crippen molar-refractivity contribution in [3.63, 3.8) is 0 Å². The number of anilines is 1. The summed E-state index contributed by atoms with van der Waals surface area (Å²) in [6.45, 7) is 0.361. The monoisotopic (exact) mass is 341 g/mol. The number of nitrogens with zero attached hydrogens (tertiary/aromatic N) is 1. The van der Waals surface area contributed by atoms with Gasteiger partial charge < -0.3 is 10.6 Å². The van der Waals surface area contributed by atoms with Crippen LogP contribution >= 0.6 is 0 Å². The zero-order valence-corrected chi connectivity index (χ0v) is 14.3. The van der Waals surface area contributed by atoms with Crippen molar-refractivity contribution in [1.29, 1.82) is 0 Å². The van der Waals surface area contributed by atoms with Gasteiger partial charge in [0.15, 0.2) is 0 Å². The highest BCUT2D eigenvalue weighted by Gasteiger charge is 2.13. The number of benzene rings is 1. The first-order valence-electron chi connectivity index (χ1n) is 8.95. The molecule has 2 N–H and O–H groups in total. The Balaban J connectivity index is 1.58. The summed E-state index contributed by atoms with van der Waals surface area (Å²) in [5.41, 5.74) is 2.28. The minimum Gasteiger partial charge on any atom is -0.381 e. The first-order valence-corrected chi connectivity index (χ1v) is 8.95. The fraction of sp³-hybridized carbons (Fsp3) is 0.400. The van der Waals surface area contributed by atoms with Gasteiger partial charge in [-0.25, -0.2) is 4.39 Å². The molecule has 0 spiro atoms. The van der Waals surface area contributed by atoms with E-state index in [4.69, 9.17) is 0 Å². The summed E-state index contributed by atoms with van der Waals surface area (Å²) >= 11 is 0. The van der Waals surface area contributed by atoms with E-state index in [1.54, 1.807) is 24.5 Å². The van der Waals surface area contributed by atoms with Crippen molar-refractivity contribution in [2.24, 2.45) is 0 Å². The highest BCUT2D eigenvalue weighted by Crippen LogP contribution is 2.21. The first-order chi connectivity index (χ1) is 12.2. The van der Waals surface area contributed by atoms with Crippen LogP contribution in [0.15, 0.2) is 42.7 Å². The average Bonchev–Trinajstić information content (AvgIpc) is 2.90. The third-order valence-electron chi connectivity index (χ3n) is 4.59. The van der Waals surface area contributed by atoms with Gasteiger partial charge in [0.2, 0.25) is 0 Å². The highest BCUT2D eigenvalue weighted by atomic mass is 19.1. The van der Waals surface area contributed by atoms with E-state index >= 15 is 0 Å². The molecule has 1 saturated carbocycles. The summed E-state index contributed by atoms with van der Waals surface area (Å²) in [7, 11) is 0. The molecular formula is C20H24FN3O.